The van der Waals surface area contributed by atoms with Gasteiger partial charge in [-0.1, -0.05) is 23.7 Å². The van der Waals surface area contributed by atoms with Crippen LogP contribution in [0, 0.1) is 0 Å². The van der Waals surface area contributed by atoms with Crippen LogP contribution in [0.1, 0.15) is 31.9 Å². The number of benzene rings is 1. The first-order chi connectivity index (χ1) is 9.50. The van der Waals surface area contributed by atoms with Gasteiger partial charge in [0.1, 0.15) is 0 Å². The number of nitrogens with zero attached hydrogens (tertiary/aromatic N) is 1. The van der Waals surface area contributed by atoms with Crippen LogP contribution in [0.4, 0.5) is 0 Å². The minimum absolute atomic E-state index is 0.0244. The highest BCUT2D eigenvalue weighted by molar-refractivity contribution is 6.30. The Balaban J connectivity index is 1.91. The van der Waals surface area contributed by atoms with Crippen molar-refractivity contribution in [3.05, 3.63) is 34.9 Å². The average Bonchev–Trinajstić information content (AvgIpc) is 2.38. The van der Waals surface area contributed by atoms with Gasteiger partial charge in [-0.3, -0.25) is 4.90 Å². The summed E-state index contributed by atoms with van der Waals surface area (Å²) in [6.45, 7) is 8.24. The van der Waals surface area contributed by atoms with Crippen molar-refractivity contribution in [3.8, 4) is 0 Å². The van der Waals surface area contributed by atoms with Crippen LogP contribution < -0.4 is 5.32 Å². The molecule has 112 valence electrons. The lowest BCUT2D eigenvalue weighted by molar-refractivity contribution is -0.0864. The summed E-state index contributed by atoms with van der Waals surface area (Å²) in [5, 5.41) is 4.19. The van der Waals surface area contributed by atoms with Gasteiger partial charge in [-0.15, -0.1) is 0 Å². The number of hydrogen-bond acceptors (Lipinski definition) is 3. The molecule has 4 heteroatoms. The summed E-state index contributed by atoms with van der Waals surface area (Å²) in [5.74, 6) is 0. The smallest absolute Gasteiger partial charge is 0.0753 e. The van der Waals surface area contributed by atoms with E-state index in [2.05, 4.69) is 30.1 Å². The van der Waals surface area contributed by atoms with Crippen LogP contribution in [-0.2, 0) is 4.74 Å². The first kappa shape index (κ1) is 15.8. The number of rotatable bonds is 5. The lowest BCUT2D eigenvalue weighted by Gasteiger charge is -2.38. The second kappa shape index (κ2) is 6.90. The van der Waals surface area contributed by atoms with Crippen LogP contribution in [-0.4, -0.2) is 43.8 Å². The zero-order chi connectivity index (χ0) is 14.6. The maximum atomic E-state index is 6.08. The van der Waals surface area contributed by atoms with E-state index in [4.69, 9.17) is 16.3 Å². The molecule has 1 saturated heterocycles. The molecule has 1 atom stereocenters. The Morgan fingerprint density at radius 1 is 1.45 bits per heavy atom. The van der Waals surface area contributed by atoms with Gasteiger partial charge in [0.25, 0.3) is 0 Å². The van der Waals surface area contributed by atoms with Crippen LogP contribution in [0.2, 0.25) is 5.02 Å². The maximum absolute atomic E-state index is 6.08. The third-order valence-corrected chi connectivity index (χ3v) is 4.07. The second-order valence-electron chi connectivity index (χ2n) is 6.07. The Hall–Kier alpha value is -0.610. The van der Waals surface area contributed by atoms with Crippen LogP contribution >= 0.6 is 11.6 Å². The highest BCUT2D eigenvalue weighted by Gasteiger charge is 2.27. The molecule has 1 aromatic rings. The van der Waals surface area contributed by atoms with Gasteiger partial charge in [-0.05, 0) is 45.0 Å². The zero-order valence-electron chi connectivity index (χ0n) is 12.7. The van der Waals surface area contributed by atoms with E-state index < -0.39 is 0 Å². The summed E-state index contributed by atoms with van der Waals surface area (Å²) in [4.78, 5) is 2.48. The molecule has 0 radical (unpaired) electrons. The van der Waals surface area contributed by atoms with Crippen molar-refractivity contribution < 1.29 is 4.74 Å². The average molecular weight is 297 g/mol. The fraction of sp³-hybridized carbons (Fsp3) is 0.625. The van der Waals surface area contributed by atoms with Gasteiger partial charge in [0.05, 0.1) is 12.2 Å². The number of morpholine rings is 1. The predicted octanol–water partition coefficient (Wildman–Crippen LogP) is 3.10. The van der Waals surface area contributed by atoms with Gasteiger partial charge in [-0.25, -0.2) is 0 Å². The molecular formula is C16H25ClN2O. The van der Waals surface area contributed by atoms with Gasteiger partial charge >= 0.3 is 0 Å². The Labute approximate surface area is 127 Å². The van der Waals surface area contributed by atoms with Crippen molar-refractivity contribution in [3.63, 3.8) is 0 Å². The third kappa shape index (κ3) is 4.45. The Bertz CT molecular complexity index is 436. The molecule has 1 heterocycles. The Morgan fingerprint density at radius 3 is 2.90 bits per heavy atom. The van der Waals surface area contributed by atoms with E-state index in [-0.39, 0.29) is 5.60 Å². The highest BCUT2D eigenvalue weighted by Crippen LogP contribution is 2.22. The zero-order valence-corrected chi connectivity index (χ0v) is 13.4. The van der Waals surface area contributed by atoms with Crippen molar-refractivity contribution in [1.29, 1.82) is 0 Å². The van der Waals surface area contributed by atoms with E-state index >= 15 is 0 Å². The second-order valence-corrected chi connectivity index (χ2v) is 6.51. The van der Waals surface area contributed by atoms with E-state index in [1.54, 1.807) is 0 Å². The summed E-state index contributed by atoms with van der Waals surface area (Å²) in [6.07, 6.45) is 1.08. The van der Waals surface area contributed by atoms with Crippen molar-refractivity contribution in [2.45, 2.75) is 31.9 Å². The van der Waals surface area contributed by atoms with E-state index in [1.165, 1.54) is 5.56 Å². The van der Waals surface area contributed by atoms with Crippen molar-refractivity contribution in [2.75, 3.05) is 33.3 Å². The summed E-state index contributed by atoms with van der Waals surface area (Å²) in [6, 6.07) is 8.46. The monoisotopic (exact) mass is 296 g/mol. The van der Waals surface area contributed by atoms with Crippen LogP contribution in [0.5, 0.6) is 0 Å². The molecule has 1 aliphatic heterocycles. The predicted molar refractivity (Wildman–Crippen MR) is 84.3 cm³/mol. The Kier molecular flexibility index (Phi) is 5.44. The molecule has 0 aromatic heterocycles. The fourth-order valence-corrected chi connectivity index (χ4v) is 3.02. The lowest BCUT2D eigenvalue weighted by Crippen LogP contribution is -2.48. The summed E-state index contributed by atoms with van der Waals surface area (Å²) >= 11 is 6.08. The molecule has 1 N–H and O–H groups in total. The molecule has 0 saturated carbocycles. The van der Waals surface area contributed by atoms with E-state index in [1.807, 2.05) is 25.2 Å². The number of nitrogens with one attached hydrogen (secondary N) is 1. The van der Waals surface area contributed by atoms with Crippen LogP contribution in [0.3, 0.4) is 0 Å². The Morgan fingerprint density at radius 2 is 2.25 bits per heavy atom. The molecule has 0 bridgehead atoms. The molecule has 2 rings (SSSR count). The number of halogens is 1. The highest BCUT2D eigenvalue weighted by atomic mass is 35.5. The molecule has 1 aliphatic rings. The van der Waals surface area contributed by atoms with Gasteiger partial charge in [0, 0.05) is 30.7 Å². The molecular weight excluding hydrogens is 272 g/mol. The minimum atomic E-state index is -0.0244. The molecule has 3 nitrogen and oxygen atoms in total. The normalized spacial score (nSPS) is 20.8. The third-order valence-electron chi connectivity index (χ3n) is 3.84. The number of hydrogen-bond donors (Lipinski definition) is 1. The van der Waals surface area contributed by atoms with Crippen LogP contribution in [0.15, 0.2) is 24.3 Å². The molecule has 20 heavy (non-hydrogen) atoms. The molecule has 0 amide bonds. The molecule has 1 fully saturated rings. The SMILES string of the molecule is CNC(CCN1CCOC(C)(C)C1)c1cccc(Cl)c1. The summed E-state index contributed by atoms with van der Waals surface area (Å²) < 4.78 is 5.75. The van der Waals surface area contributed by atoms with E-state index in [9.17, 15) is 0 Å². The minimum Gasteiger partial charge on any atom is -0.373 e. The van der Waals surface area contributed by atoms with E-state index in [0.717, 1.165) is 37.7 Å². The van der Waals surface area contributed by atoms with Gasteiger partial charge < -0.3 is 10.1 Å². The van der Waals surface area contributed by atoms with Gasteiger partial charge in [0.2, 0.25) is 0 Å². The molecule has 0 spiro atoms. The fourth-order valence-electron chi connectivity index (χ4n) is 2.82. The maximum Gasteiger partial charge on any atom is 0.0753 e. The van der Waals surface area contributed by atoms with Gasteiger partial charge in [0.15, 0.2) is 0 Å². The quantitative estimate of drug-likeness (QED) is 0.903. The van der Waals surface area contributed by atoms with Gasteiger partial charge in [-0.2, -0.15) is 0 Å². The molecule has 0 aliphatic carbocycles. The largest absolute Gasteiger partial charge is 0.373 e. The molecule has 1 aromatic carbocycles. The first-order valence-electron chi connectivity index (χ1n) is 7.29. The lowest BCUT2D eigenvalue weighted by atomic mass is 10.0. The topological polar surface area (TPSA) is 24.5 Å². The number of ether oxygens (including phenoxy) is 1. The molecule has 1 unspecified atom stereocenters. The van der Waals surface area contributed by atoms with E-state index in [0.29, 0.717) is 6.04 Å². The van der Waals surface area contributed by atoms with Crippen LogP contribution in [0.25, 0.3) is 0 Å². The van der Waals surface area contributed by atoms with Crippen molar-refractivity contribution in [2.24, 2.45) is 0 Å². The van der Waals surface area contributed by atoms with Crippen molar-refractivity contribution in [1.82, 2.24) is 10.2 Å². The standard InChI is InChI=1S/C16H25ClN2O/c1-16(2)12-19(9-10-20-16)8-7-15(18-3)13-5-4-6-14(17)11-13/h4-6,11,15,18H,7-10,12H2,1-3H3. The first-order valence-corrected chi connectivity index (χ1v) is 7.67. The summed E-state index contributed by atoms with van der Waals surface area (Å²) in [7, 11) is 2.01. The van der Waals surface area contributed by atoms with Crippen molar-refractivity contribution >= 4 is 11.6 Å². The summed E-state index contributed by atoms with van der Waals surface area (Å²) in [5.41, 5.74) is 1.23.